The zero-order chi connectivity index (χ0) is 17.0. The molecule has 1 aromatic rings. The molecule has 0 saturated carbocycles. The van der Waals surface area contributed by atoms with Gasteiger partial charge in [-0.05, 0) is 50.6 Å². The summed E-state index contributed by atoms with van der Waals surface area (Å²) < 4.78 is 5.53. The first kappa shape index (κ1) is 20.4. The lowest BCUT2D eigenvalue weighted by Gasteiger charge is -2.34. The van der Waals surface area contributed by atoms with Gasteiger partial charge in [-0.15, -0.1) is 12.4 Å². The highest BCUT2D eigenvalue weighted by Gasteiger charge is 2.39. The van der Waals surface area contributed by atoms with Crippen LogP contribution in [0.2, 0.25) is 0 Å². The normalized spacial score (nSPS) is 16.0. The third-order valence-electron chi connectivity index (χ3n) is 4.35. The Labute approximate surface area is 149 Å². The summed E-state index contributed by atoms with van der Waals surface area (Å²) in [6, 6.07) is 5.37. The Morgan fingerprint density at radius 2 is 1.88 bits per heavy atom. The van der Waals surface area contributed by atoms with Crippen LogP contribution >= 0.6 is 12.4 Å². The number of anilines is 1. The molecule has 134 valence electrons. The Kier molecular flexibility index (Phi) is 7.20. The van der Waals surface area contributed by atoms with Crippen LogP contribution in [0.4, 0.5) is 5.69 Å². The first-order valence-electron chi connectivity index (χ1n) is 7.79. The van der Waals surface area contributed by atoms with Gasteiger partial charge in [0.2, 0.25) is 0 Å². The molecule has 1 aliphatic heterocycles. The topological polar surface area (TPSA) is 70.7 Å². The molecule has 6 nitrogen and oxygen atoms in total. The standard InChI is InChI=1S/C17H25N3O3.ClH/c1-12-5-6-13(11-14(12)15(21)20(2)3)19-16(22)17(23-4)7-9-18-10-8-17;/h5-6,11,18H,7-10H2,1-4H3,(H,19,22);1H. The number of piperidine rings is 1. The fourth-order valence-electron chi connectivity index (χ4n) is 2.77. The summed E-state index contributed by atoms with van der Waals surface area (Å²) >= 11 is 0. The van der Waals surface area contributed by atoms with E-state index in [1.54, 1.807) is 27.3 Å². The van der Waals surface area contributed by atoms with Crippen molar-refractivity contribution in [2.75, 3.05) is 39.6 Å². The third-order valence-corrected chi connectivity index (χ3v) is 4.35. The molecule has 2 amide bonds. The molecule has 1 saturated heterocycles. The van der Waals surface area contributed by atoms with Crippen molar-refractivity contribution in [3.8, 4) is 0 Å². The van der Waals surface area contributed by atoms with E-state index in [2.05, 4.69) is 10.6 Å². The van der Waals surface area contributed by atoms with Crippen LogP contribution in [0.25, 0.3) is 0 Å². The molecule has 1 fully saturated rings. The molecule has 2 N–H and O–H groups in total. The number of hydrogen-bond donors (Lipinski definition) is 2. The summed E-state index contributed by atoms with van der Waals surface area (Å²) in [5, 5.41) is 6.13. The number of hydrogen-bond acceptors (Lipinski definition) is 4. The SMILES string of the molecule is COC1(C(=O)Nc2ccc(C)c(C(=O)N(C)C)c2)CCNCC1.Cl. The van der Waals surface area contributed by atoms with E-state index in [-0.39, 0.29) is 24.2 Å². The summed E-state index contributed by atoms with van der Waals surface area (Å²) in [5.74, 6) is -0.240. The fourth-order valence-corrected chi connectivity index (χ4v) is 2.77. The van der Waals surface area contributed by atoms with Gasteiger partial charge < -0.3 is 20.3 Å². The van der Waals surface area contributed by atoms with E-state index in [1.807, 2.05) is 19.1 Å². The maximum Gasteiger partial charge on any atom is 0.256 e. The largest absolute Gasteiger partial charge is 0.368 e. The highest BCUT2D eigenvalue weighted by Crippen LogP contribution is 2.25. The van der Waals surface area contributed by atoms with Crippen LogP contribution in [0, 0.1) is 6.92 Å². The molecule has 0 aromatic heterocycles. The molecule has 0 bridgehead atoms. The zero-order valence-corrected chi connectivity index (χ0v) is 15.5. The molecule has 0 radical (unpaired) electrons. The van der Waals surface area contributed by atoms with Crippen LogP contribution in [0.3, 0.4) is 0 Å². The Hall–Kier alpha value is -1.63. The van der Waals surface area contributed by atoms with Crippen LogP contribution in [0.1, 0.15) is 28.8 Å². The highest BCUT2D eigenvalue weighted by molar-refractivity contribution is 6.00. The van der Waals surface area contributed by atoms with Gasteiger partial charge in [0.15, 0.2) is 0 Å². The van der Waals surface area contributed by atoms with Gasteiger partial charge in [-0.25, -0.2) is 0 Å². The van der Waals surface area contributed by atoms with Crippen molar-refractivity contribution in [3.63, 3.8) is 0 Å². The smallest absolute Gasteiger partial charge is 0.256 e. The highest BCUT2D eigenvalue weighted by atomic mass is 35.5. The first-order valence-corrected chi connectivity index (χ1v) is 7.79. The van der Waals surface area contributed by atoms with E-state index in [1.165, 1.54) is 4.90 Å². The van der Waals surface area contributed by atoms with Gasteiger partial charge in [0.05, 0.1) is 0 Å². The van der Waals surface area contributed by atoms with Crippen molar-refractivity contribution in [1.29, 1.82) is 0 Å². The van der Waals surface area contributed by atoms with Crippen LogP contribution in [-0.4, -0.2) is 56.6 Å². The zero-order valence-electron chi connectivity index (χ0n) is 14.6. The summed E-state index contributed by atoms with van der Waals surface area (Å²) in [7, 11) is 4.99. The first-order chi connectivity index (χ1) is 10.9. The van der Waals surface area contributed by atoms with Gasteiger partial charge in [-0.1, -0.05) is 6.07 Å². The van der Waals surface area contributed by atoms with Gasteiger partial charge in [0, 0.05) is 32.5 Å². The lowest BCUT2D eigenvalue weighted by molar-refractivity contribution is -0.140. The molecule has 2 rings (SSSR count). The second kappa shape index (κ2) is 8.46. The van der Waals surface area contributed by atoms with Crippen LogP contribution in [0.15, 0.2) is 18.2 Å². The number of ether oxygens (including phenoxy) is 1. The minimum Gasteiger partial charge on any atom is -0.368 e. The minimum absolute atomic E-state index is 0. The molecule has 7 heteroatoms. The van der Waals surface area contributed by atoms with Gasteiger partial charge in [-0.3, -0.25) is 9.59 Å². The third kappa shape index (κ3) is 4.26. The van der Waals surface area contributed by atoms with Crippen molar-refractivity contribution in [2.45, 2.75) is 25.4 Å². The average Bonchev–Trinajstić information content (AvgIpc) is 2.56. The van der Waals surface area contributed by atoms with E-state index in [0.717, 1.165) is 18.7 Å². The number of benzene rings is 1. The Bertz CT molecular complexity index is 599. The number of nitrogens with zero attached hydrogens (tertiary/aromatic N) is 1. The summed E-state index contributed by atoms with van der Waals surface area (Å²) in [4.78, 5) is 26.4. The lowest BCUT2D eigenvalue weighted by atomic mass is 9.91. The van der Waals surface area contributed by atoms with Crippen LogP contribution in [-0.2, 0) is 9.53 Å². The molecule has 0 spiro atoms. The molecule has 24 heavy (non-hydrogen) atoms. The van der Waals surface area contributed by atoms with Crippen molar-refractivity contribution in [3.05, 3.63) is 29.3 Å². The summed E-state index contributed by atoms with van der Waals surface area (Å²) in [6.45, 7) is 3.38. The molecule has 0 atom stereocenters. The lowest BCUT2D eigenvalue weighted by Crippen LogP contribution is -2.51. The number of amides is 2. The number of rotatable bonds is 4. The second-order valence-corrected chi connectivity index (χ2v) is 6.13. The molecule has 1 aromatic carbocycles. The minimum atomic E-state index is -0.804. The van der Waals surface area contributed by atoms with Crippen LogP contribution < -0.4 is 10.6 Å². The van der Waals surface area contributed by atoms with E-state index in [4.69, 9.17) is 4.74 Å². The Morgan fingerprint density at radius 3 is 2.42 bits per heavy atom. The van der Waals surface area contributed by atoms with Gasteiger partial charge in [0.1, 0.15) is 5.60 Å². The number of aryl methyl sites for hydroxylation is 1. The fraction of sp³-hybridized carbons (Fsp3) is 0.529. The number of nitrogens with one attached hydrogen (secondary N) is 2. The van der Waals surface area contributed by atoms with Gasteiger partial charge in [0.25, 0.3) is 11.8 Å². The Balaban J connectivity index is 0.00000288. The van der Waals surface area contributed by atoms with Crippen LogP contribution in [0.5, 0.6) is 0 Å². The second-order valence-electron chi connectivity index (χ2n) is 6.13. The Morgan fingerprint density at radius 1 is 1.25 bits per heavy atom. The van der Waals surface area contributed by atoms with E-state index >= 15 is 0 Å². The van der Waals surface area contributed by atoms with Gasteiger partial charge in [-0.2, -0.15) is 0 Å². The van der Waals surface area contributed by atoms with Gasteiger partial charge >= 0.3 is 0 Å². The van der Waals surface area contributed by atoms with E-state index < -0.39 is 5.60 Å². The van der Waals surface area contributed by atoms with Crippen molar-refractivity contribution in [2.24, 2.45) is 0 Å². The number of methoxy groups -OCH3 is 1. The van der Waals surface area contributed by atoms with E-state index in [0.29, 0.717) is 24.1 Å². The van der Waals surface area contributed by atoms with Crippen molar-refractivity contribution >= 4 is 29.9 Å². The van der Waals surface area contributed by atoms with E-state index in [9.17, 15) is 9.59 Å². The summed E-state index contributed by atoms with van der Waals surface area (Å²) in [5.41, 5.74) is 1.28. The maximum absolute atomic E-state index is 12.7. The van der Waals surface area contributed by atoms with Crippen molar-refractivity contribution in [1.82, 2.24) is 10.2 Å². The predicted octanol–water partition coefficient (Wildman–Crippen LogP) is 1.83. The molecular weight excluding hydrogens is 330 g/mol. The molecule has 1 aliphatic rings. The molecular formula is C17H26ClN3O3. The average molecular weight is 356 g/mol. The number of carbonyl (C=O) groups excluding carboxylic acids is 2. The number of halogens is 1. The molecule has 0 aliphatic carbocycles. The molecule has 1 heterocycles. The summed E-state index contributed by atoms with van der Waals surface area (Å²) in [6.07, 6.45) is 1.26. The maximum atomic E-state index is 12.7. The van der Waals surface area contributed by atoms with Crippen molar-refractivity contribution < 1.29 is 14.3 Å². The quantitative estimate of drug-likeness (QED) is 0.864. The molecule has 0 unspecified atom stereocenters. The predicted molar refractivity (Wildman–Crippen MR) is 96.9 cm³/mol. The monoisotopic (exact) mass is 355 g/mol. The number of carbonyl (C=O) groups is 2.